The van der Waals surface area contributed by atoms with Crippen molar-refractivity contribution >= 4 is 27.8 Å². The van der Waals surface area contributed by atoms with Gasteiger partial charge in [-0.1, -0.05) is 41.1 Å². The maximum atomic E-state index is 12.4. The number of carboxylic acid groups (broad SMARTS) is 1. The standard InChI is InChI=1S/C15H18BrNO4/c1-10(11-4-2-3-5-12(11)16)8-14(18)17-6-7-21-9-13(17)15(19)20/h2-5,10,13H,6-9H2,1H3,(H,19,20)/t10-,13-/m0/s1. The molecule has 114 valence electrons. The number of hydrogen-bond donors (Lipinski definition) is 1. The fourth-order valence-corrected chi connectivity index (χ4v) is 3.15. The normalized spacial score (nSPS) is 20.1. The van der Waals surface area contributed by atoms with Crippen molar-refractivity contribution in [2.24, 2.45) is 0 Å². The average Bonchev–Trinajstić information content (AvgIpc) is 2.47. The molecule has 1 aliphatic heterocycles. The second kappa shape index (κ2) is 7.04. The lowest BCUT2D eigenvalue weighted by Crippen LogP contribution is -2.52. The minimum Gasteiger partial charge on any atom is -0.480 e. The van der Waals surface area contributed by atoms with Crippen molar-refractivity contribution in [2.75, 3.05) is 19.8 Å². The van der Waals surface area contributed by atoms with E-state index in [4.69, 9.17) is 4.74 Å². The molecule has 0 bridgehead atoms. The van der Waals surface area contributed by atoms with Gasteiger partial charge >= 0.3 is 5.97 Å². The summed E-state index contributed by atoms with van der Waals surface area (Å²) in [7, 11) is 0. The van der Waals surface area contributed by atoms with Crippen LogP contribution in [-0.2, 0) is 14.3 Å². The van der Waals surface area contributed by atoms with E-state index < -0.39 is 12.0 Å². The zero-order valence-electron chi connectivity index (χ0n) is 11.8. The molecule has 1 aliphatic rings. The van der Waals surface area contributed by atoms with Crippen LogP contribution in [0.5, 0.6) is 0 Å². The van der Waals surface area contributed by atoms with Crippen molar-refractivity contribution in [3.05, 3.63) is 34.3 Å². The summed E-state index contributed by atoms with van der Waals surface area (Å²) in [5, 5.41) is 9.17. The number of benzene rings is 1. The average molecular weight is 356 g/mol. The Morgan fingerprint density at radius 2 is 2.19 bits per heavy atom. The maximum absolute atomic E-state index is 12.4. The number of carboxylic acids is 1. The van der Waals surface area contributed by atoms with Gasteiger partial charge in [0.1, 0.15) is 0 Å². The number of nitrogens with zero attached hydrogens (tertiary/aromatic N) is 1. The molecular weight excluding hydrogens is 338 g/mol. The highest BCUT2D eigenvalue weighted by atomic mass is 79.9. The molecule has 1 N–H and O–H groups in total. The number of aliphatic carboxylic acids is 1. The second-order valence-corrected chi connectivity index (χ2v) is 6.00. The Bertz CT molecular complexity index is 534. The predicted molar refractivity (Wildman–Crippen MR) is 81.1 cm³/mol. The molecule has 1 amide bonds. The minimum atomic E-state index is -1.02. The van der Waals surface area contributed by atoms with Crippen LogP contribution < -0.4 is 0 Å². The van der Waals surface area contributed by atoms with E-state index in [1.807, 2.05) is 31.2 Å². The highest BCUT2D eigenvalue weighted by Gasteiger charge is 2.33. The van der Waals surface area contributed by atoms with Crippen molar-refractivity contribution < 1.29 is 19.4 Å². The molecule has 0 aromatic heterocycles. The van der Waals surface area contributed by atoms with Crippen LogP contribution in [0.25, 0.3) is 0 Å². The van der Waals surface area contributed by atoms with Gasteiger partial charge in [-0.25, -0.2) is 4.79 Å². The Morgan fingerprint density at radius 1 is 1.48 bits per heavy atom. The predicted octanol–water partition coefficient (Wildman–Crippen LogP) is 2.25. The summed E-state index contributed by atoms with van der Waals surface area (Å²) in [6, 6.07) is 6.87. The molecule has 1 fully saturated rings. The molecule has 21 heavy (non-hydrogen) atoms. The van der Waals surface area contributed by atoms with Crippen LogP contribution in [0.2, 0.25) is 0 Å². The van der Waals surface area contributed by atoms with E-state index in [2.05, 4.69) is 15.9 Å². The fraction of sp³-hybridized carbons (Fsp3) is 0.467. The Balaban J connectivity index is 2.06. The SMILES string of the molecule is C[C@@H](CC(=O)N1CCOC[C@H]1C(=O)O)c1ccccc1Br. The number of carbonyl (C=O) groups is 2. The van der Waals surface area contributed by atoms with Crippen LogP contribution in [-0.4, -0.2) is 47.7 Å². The van der Waals surface area contributed by atoms with Gasteiger partial charge in [-0.2, -0.15) is 0 Å². The third-order valence-electron chi connectivity index (χ3n) is 3.65. The van der Waals surface area contributed by atoms with Crippen LogP contribution in [0.15, 0.2) is 28.7 Å². The molecule has 1 aromatic rings. The van der Waals surface area contributed by atoms with Gasteiger partial charge < -0.3 is 14.7 Å². The van der Waals surface area contributed by atoms with Crippen molar-refractivity contribution in [1.29, 1.82) is 0 Å². The summed E-state index contributed by atoms with van der Waals surface area (Å²) in [6.07, 6.45) is 0.284. The molecule has 0 spiro atoms. The topological polar surface area (TPSA) is 66.8 Å². The molecule has 2 rings (SSSR count). The van der Waals surface area contributed by atoms with Crippen molar-refractivity contribution in [1.82, 2.24) is 4.90 Å². The summed E-state index contributed by atoms with van der Waals surface area (Å²) >= 11 is 3.48. The molecule has 6 heteroatoms. The van der Waals surface area contributed by atoms with Crippen LogP contribution in [0.1, 0.15) is 24.8 Å². The van der Waals surface area contributed by atoms with Gasteiger partial charge in [0.2, 0.25) is 5.91 Å². The molecule has 2 atom stereocenters. The maximum Gasteiger partial charge on any atom is 0.328 e. The van der Waals surface area contributed by atoms with E-state index in [-0.39, 0.29) is 24.9 Å². The first-order valence-electron chi connectivity index (χ1n) is 6.85. The van der Waals surface area contributed by atoms with Crippen LogP contribution in [0.4, 0.5) is 0 Å². The van der Waals surface area contributed by atoms with Gasteiger partial charge in [0.25, 0.3) is 0 Å². The summed E-state index contributed by atoms with van der Waals surface area (Å²) in [5.74, 6) is -1.14. The summed E-state index contributed by atoms with van der Waals surface area (Å²) in [5.41, 5.74) is 1.05. The zero-order valence-corrected chi connectivity index (χ0v) is 13.4. The number of halogens is 1. The van der Waals surface area contributed by atoms with E-state index >= 15 is 0 Å². The van der Waals surface area contributed by atoms with Gasteiger partial charge in [-0.05, 0) is 17.5 Å². The van der Waals surface area contributed by atoms with Crippen LogP contribution in [0, 0.1) is 0 Å². The lowest BCUT2D eigenvalue weighted by molar-refractivity contribution is -0.158. The molecule has 0 aliphatic carbocycles. The molecule has 1 aromatic carbocycles. The lowest BCUT2D eigenvalue weighted by Gasteiger charge is -2.33. The van der Waals surface area contributed by atoms with E-state index in [9.17, 15) is 14.7 Å². The van der Waals surface area contributed by atoms with E-state index in [0.29, 0.717) is 13.2 Å². The van der Waals surface area contributed by atoms with E-state index in [1.54, 1.807) is 0 Å². The third-order valence-corrected chi connectivity index (χ3v) is 4.37. The number of carbonyl (C=O) groups excluding carboxylic acids is 1. The molecule has 5 nitrogen and oxygen atoms in total. The quantitative estimate of drug-likeness (QED) is 0.899. The van der Waals surface area contributed by atoms with Gasteiger partial charge in [0.05, 0.1) is 13.2 Å². The Kier molecular flexibility index (Phi) is 5.36. The first-order valence-corrected chi connectivity index (χ1v) is 7.64. The highest BCUT2D eigenvalue weighted by Crippen LogP contribution is 2.27. The van der Waals surface area contributed by atoms with Gasteiger partial charge in [-0.15, -0.1) is 0 Å². The molecule has 0 radical (unpaired) electrons. The van der Waals surface area contributed by atoms with Crippen LogP contribution in [0.3, 0.4) is 0 Å². The lowest BCUT2D eigenvalue weighted by atomic mass is 9.97. The van der Waals surface area contributed by atoms with E-state index in [0.717, 1.165) is 10.0 Å². The monoisotopic (exact) mass is 355 g/mol. The molecule has 0 saturated carbocycles. The summed E-state index contributed by atoms with van der Waals surface area (Å²) in [4.78, 5) is 25.0. The Labute approximate surface area is 132 Å². The molecule has 1 saturated heterocycles. The highest BCUT2D eigenvalue weighted by molar-refractivity contribution is 9.10. The number of rotatable bonds is 4. The van der Waals surface area contributed by atoms with Gasteiger partial charge in [0, 0.05) is 17.4 Å². The third kappa shape index (κ3) is 3.83. The molecular formula is C15H18BrNO4. The number of hydrogen-bond acceptors (Lipinski definition) is 3. The molecule has 1 heterocycles. The summed E-state index contributed by atoms with van der Waals surface area (Å²) < 4.78 is 6.11. The second-order valence-electron chi connectivity index (χ2n) is 5.14. The summed E-state index contributed by atoms with van der Waals surface area (Å²) in [6.45, 7) is 2.75. The van der Waals surface area contributed by atoms with Crippen molar-refractivity contribution in [2.45, 2.75) is 25.3 Å². The van der Waals surface area contributed by atoms with Crippen LogP contribution >= 0.6 is 15.9 Å². The van der Waals surface area contributed by atoms with E-state index in [1.165, 1.54) is 4.90 Å². The molecule has 0 unspecified atom stereocenters. The van der Waals surface area contributed by atoms with Gasteiger partial charge in [-0.3, -0.25) is 4.79 Å². The van der Waals surface area contributed by atoms with Crippen molar-refractivity contribution in [3.8, 4) is 0 Å². The van der Waals surface area contributed by atoms with Gasteiger partial charge in [0.15, 0.2) is 6.04 Å². The number of amides is 1. The first-order chi connectivity index (χ1) is 10.0. The van der Waals surface area contributed by atoms with Crippen molar-refractivity contribution in [3.63, 3.8) is 0 Å². The Morgan fingerprint density at radius 3 is 2.86 bits per heavy atom. The zero-order chi connectivity index (χ0) is 15.4. The first kappa shape index (κ1) is 16.0. The number of morpholine rings is 1. The minimum absolute atomic E-state index is 0.0189. The smallest absolute Gasteiger partial charge is 0.328 e. The fourth-order valence-electron chi connectivity index (χ4n) is 2.47. The number of ether oxygens (including phenoxy) is 1. The Hall–Kier alpha value is -1.40. The largest absolute Gasteiger partial charge is 0.480 e.